The summed E-state index contributed by atoms with van der Waals surface area (Å²) < 4.78 is 70.3. The lowest BCUT2D eigenvalue weighted by atomic mass is 9.83. The molecule has 1 aromatic carbocycles. The summed E-state index contributed by atoms with van der Waals surface area (Å²) in [6, 6.07) is 5.01. The number of ketones is 1. The molecular formula is C25H20F5N3O2. The van der Waals surface area contributed by atoms with E-state index in [9.17, 15) is 31.5 Å². The van der Waals surface area contributed by atoms with Gasteiger partial charge < -0.3 is 5.32 Å². The summed E-state index contributed by atoms with van der Waals surface area (Å²) in [5.74, 6) is -7.25. The van der Waals surface area contributed by atoms with Crippen LogP contribution in [0.2, 0.25) is 0 Å². The van der Waals surface area contributed by atoms with Crippen molar-refractivity contribution in [3.8, 4) is 11.1 Å². The molecule has 35 heavy (non-hydrogen) atoms. The number of nitrogens with zero attached hydrogens (tertiary/aromatic N) is 2. The molecule has 0 saturated heterocycles. The number of rotatable bonds is 5. The fourth-order valence-electron chi connectivity index (χ4n) is 4.17. The number of hydrogen-bond acceptors (Lipinski definition) is 4. The highest BCUT2D eigenvalue weighted by Crippen LogP contribution is 2.44. The SMILES string of the molecule is CC(=O)c1ncc(C(=O)Nc2c(-c3cc(F)ccc3F)ccnc2C2CCC(F)(F)CC2)cc1F. The molecule has 4 rings (SSSR count). The van der Waals surface area contributed by atoms with Crippen LogP contribution in [0.25, 0.3) is 11.1 Å². The number of Topliss-reactive ketones (excluding diaryl/α,β-unsaturated/α-hetero) is 1. The van der Waals surface area contributed by atoms with E-state index in [-0.39, 0.29) is 53.8 Å². The van der Waals surface area contributed by atoms with Gasteiger partial charge in [-0.15, -0.1) is 0 Å². The van der Waals surface area contributed by atoms with Gasteiger partial charge in [0.15, 0.2) is 11.6 Å². The summed E-state index contributed by atoms with van der Waals surface area (Å²) in [4.78, 5) is 32.4. The van der Waals surface area contributed by atoms with E-state index in [1.807, 2.05) is 0 Å². The van der Waals surface area contributed by atoms with Crippen LogP contribution in [0, 0.1) is 17.5 Å². The number of carbonyl (C=O) groups is 2. The number of alkyl halides is 2. The lowest BCUT2D eigenvalue weighted by Gasteiger charge is -2.29. The molecule has 0 unspecified atom stereocenters. The number of pyridine rings is 2. The molecule has 0 atom stereocenters. The number of amides is 1. The Morgan fingerprint density at radius 1 is 0.971 bits per heavy atom. The molecule has 10 heteroatoms. The number of aromatic nitrogens is 2. The molecule has 1 aliphatic carbocycles. The predicted octanol–water partition coefficient (Wildman–Crippen LogP) is 6.31. The van der Waals surface area contributed by atoms with Crippen LogP contribution in [0.3, 0.4) is 0 Å². The molecular weight excluding hydrogens is 469 g/mol. The number of halogens is 5. The van der Waals surface area contributed by atoms with Crippen molar-refractivity contribution >= 4 is 17.4 Å². The average Bonchev–Trinajstić information content (AvgIpc) is 2.80. The predicted molar refractivity (Wildman–Crippen MR) is 118 cm³/mol. The van der Waals surface area contributed by atoms with Gasteiger partial charge in [0.2, 0.25) is 5.92 Å². The number of carbonyl (C=O) groups excluding carboxylic acids is 2. The molecule has 0 bridgehead atoms. The van der Waals surface area contributed by atoms with Crippen LogP contribution in [0.5, 0.6) is 0 Å². The van der Waals surface area contributed by atoms with Crippen molar-refractivity contribution in [3.63, 3.8) is 0 Å². The maximum absolute atomic E-state index is 14.7. The summed E-state index contributed by atoms with van der Waals surface area (Å²) in [5, 5.41) is 2.56. The molecule has 0 aliphatic heterocycles. The van der Waals surface area contributed by atoms with E-state index >= 15 is 0 Å². The lowest BCUT2D eigenvalue weighted by Crippen LogP contribution is -2.25. The molecule has 1 fully saturated rings. The zero-order valence-electron chi connectivity index (χ0n) is 18.5. The van der Waals surface area contributed by atoms with Crippen molar-refractivity contribution in [1.82, 2.24) is 9.97 Å². The summed E-state index contributed by atoms with van der Waals surface area (Å²) in [7, 11) is 0. The number of anilines is 1. The van der Waals surface area contributed by atoms with Gasteiger partial charge in [0.25, 0.3) is 5.91 Å². The fourth-order valence-corrected chi connectivity index (χ4v) is 4.17. The summed E-state index contributed by atoms with van der Waals surface area (Å²) in [6.07, 6.45) is 1.72. The number of benzene rings is 1. The smallest absolute Gasteiger partial charge is 0.257 e. The van der Waals surface area contributed by atoms with Gasteiger partial charge in [0.05, 0.1) is 16.9 Å². The summed E-state index contributed by atoms with van der Waals surface area (Å²) >= 11 is 0. The third kappa shape index (κ3) is 5.21. The quantitative estimate of drug-likeness (QED) is 0.337. The van der Waals surface area contributed by atoms with Crippen molar-refractivity contribution in [2.45, 2.75) is 44.4 Å². The first-order valence-electron chi connectivity index (χ1n) is 10.9. The van der Waals surface area contributed by atoms with Crippen LogP contribution in [-0.2, 0) is 0 Å². The maximum atomic E-state index is 14.7. The van der Waals surface area contributed by atoms with E-state index < -0.39 is 46.7 Å². The Bertz CT molecular complexity index is 1300. The van der Waals surface area contributed by atoms with Crippen molar-refractivity contribution in [2.75, 3.05) is 5.32 Å². The second-order valence-corrected chi connectivity index (χ2v) is 8.44. The van der Waals surface area contributed by atoms with E-state index in [1.165, 1.54) is 12.3 Å². The highest BCUT2D eigenvalue weighted by Gasteiger charge is 2.37. The molecule has 1 aliphatic rings. The second-order valence-electron chi connectivity index (χ2n) is 8.44. The monoisotopic (exact) mass is 489 g/mol. The molecule has 2 aromatic heterocycles. The van der Waals surface area contributed by atoms with Crippen LogP contribution in [0.4, 0.5) is 27.6 Å². The normalized spacial score (nSPS) is 15.6. The molecule has 0 spiro atoms. The van der Waals surface area contributed by atoms with Crippen LogP contribution >= 0.6 is 0 Å². The lowest BCUT2D eigenvalue weighted by molar-refractivity contribution is -0.0384. The topological polar surface area (TPSA) is 72.0 Å². The Kier molecular flexibility index (Phi) is 6.64. The maximum Gasteiger partial charge on any atom is 0.257 e. The minimum Gasteiger partial charge on any atom is -0.320 e. The van der Waals surface area contributed by atoms with E-state index in [1.54, 1.807) is 0 Å². The zero-order chi connectivity index (χ0) is 25.3. The Morgan fingerprint density at radius 3 is 2.34 bits per heavy atom. The van der Waals surface area contributed by atoms with Gasteiger partial charge in [0.1, 0.15) is 17.3 Å². The van der Waals surface area contributed by atoms with Gasteiger partial charge in [-0.2, -0.15) is 0 Å². The van der Waals surface area contributed by atoms with Gasteiger partial charge in [-0.05, 0) is 43.2 Å². The first kappa shape index (κ1) is 24.4. The van der Waals surface area contributed by atoms with E-state index in [0.717, 1.165) is 37.4 Å². The molecule has 3 aromatic rings. The highest BCUT2D eigenvalue weighted by atomic mass is 19.3. The Balaban J connectivity index is 1.78. The molecule has 1 saturated carbocycles. The Hall–Kier alpha value is -3.69. The average molecular weight is 489 g/mol. The van der Waals surface area contributed by atoms with Gasteiger partial charge >= 0.3 is 0 Å². The third-order valence-electron chi connectivity index (χ3n) is 5.98. The van der Waals surface area contributed by atoms with Crippen LogP contribution < -0.4 is 5.32 Å². The molecule has 1 N–H and O–H groups in total. The van der Waals surface area contributed by atoms with Crippen molar-refractivity contribution in [2.24, 2.45) is 0 Å². The minimum atomic E-state index is -2.81. The Morgan fingerprint density at radius 2 is 1.69 bits per heavy atom. The van der Waals surface area contributed by atoms with Crippen LogP contribution in [0.1, 0.15) is 65.1 Å². The van der Waals surface area contributed by atoms with Gasteiger partial charge in [-0.25, -0.2) is 26.9 Å². The standard InChI is InChI=1S/C25H20F5N3O2/c1-13(34)21-20(28)10-15(12-32-21)24(35)33-23-17(18-11-16(26)2-3-19(18)27)6-9-31-22(23)14-4-7-25(29,30)8-5-14/h2-3,6,9-12,14H,4-5,7-8H2,1H3,(H,33,35). The molecule has 5 nitrogen and oxygen atoms in total. The molecule has 2 heterocycles. The second kappa shape index (κ2) is 9.52. The van der Waals surface area contributed by atoms with Crippen molar-refractivity contribution < 1.29 is 31.5 Å². The first-order valence-corrected chi connectivity index (χ1v) is 10.9. The van der Waals surface area contributed by atoms with Crippen LogP contribution in [-0.4, -0.2) is 27.6 Å². The summed E-state index contributed by atoms with van der Waals surface area (Å²) in [6.45, 7) is 1.13. The van der Waals surface area contributed by atoms with Gasteiger partial charge in [-0.1, -0.05) is 0 Å². The van der Waals surface area contributed by atoms with Crippen LogP contribution in [0.15, 0.2) is 42.7 Å². The first-order chi connectivity index (χ1) is 16.6. The van der Waals surface area contributed by atoms with Gasteiger partial charge in [-0.3, -0.25) is 14.6 Å². The Labute approximate surface area is 197 Å². The fraction of sp³-hybridized carbons (Fsp3) is 0.280. The highest BCUT2D eigenvalue weighted by molar-refractivity contribution is 6.07. The van der Waals surface area contributed by atoms with E-state index in [4.69, 9.17) is 0 Å². The van der Waals surface area contributed by atoms with Gasteiger partial charge in [0, 0.05) is 49.2 Å². The van der Waals surface area contributed by atoms with E-state index in [0.29, 0.717) is 0 Å². The summed E-state index contributed by atoms with van der Waals surface area (Å²) in [5.41, 5.74) is -0.498. The number of nitrogens with one attached hydrogen (secondary N) is 1. The largest absolute Gasteiger partial charge is 0.320 e. The third-order valence-corrected chi connectivity index (χ3v) is 5.98. The molecule has 0 radical (unpaired) electrons. The van der Waals surface area contributed by atoms with Crippen molar-refractivity contribution in [3.05, 3.63) is 77.1 Å². The van der Waals surface area contributed by atoms with Crippen molar-refractivity contribution in [1.29, 1.82) is 0 Å². The minimum absolute atomic E-state index is 0.00766. The molecule has 1 amide bonds. The number of hydrogen-bond donors (Lipinski definition) is 1. The zero-order valence-corrected chi connectivity index (χ0v) is 18.5. The molecule has 182 valence electrons. The van der Waals surface area contributed by atoms with E-state index in [2.05, 4.69) is 15.3 Å².